The lowest BCUT2D eigenvalue weighted by molar-refractivity contribution is 0.138. The minimum absolute atomic E-state index is 0.140. The summed E-state index contributed by atoms with van der Waals surface area (Å²) in [7, 11) is 0. The molecule has 88 valence electrons. The fourth-order valence-corrected chi connectivity index (χ4v) is 2.33. The molecule has 16 heavy (non-hydrogen) atoms. The van der Waals surface area contributed by atoms with Crippen LogP contribution >= 0.6 is 0 Å². The first-order chi connectivity index (χ1) is 7.68. The number of anilines is 2. The molecule has 1 aromatic rings. The number of rotatable bonds is 3. The van der Waals surface area contributed by atoms with Crippen LogP contribution in [0.3, 0.4) is 0 Å². The number of benzene rings is 1. The van der Waals surface area contributed by atoms with Crippen LogP contribution in [0.4, 0.5) is 11.4 Å². The summed E-state index contributed by atoms with van der Waals surface area (Å²) in [6.45, 7) is 2.82. The van der Waals surface area contributed by atoms with E-state index in [-0.39, 0.29) is 6.10 Å². The van der Waals surface area contributed by atoms with Crippen LogP contribution in [0.5, 0.6) is 0 Å². The van der Waals surface area contributed by atoms with E-state index in [4.69, 9.17) is 5.73 Å². The smallest absolute Gasteiger partial charge is 0.0585 e. The van der Waals surface area contributed by atoms with Crippen LogP contribution in [0, 0.1) is 12.8 Å². The second-order valence-corrected chi connectivity index (χ2v) is 4.68. The molecule has 0 saturated heterocycles. The van der Waals surface area contributed by atoms with Crippen LogP contribution in [0.2, 0.25) is 0 Å². The molecule has 0 aromatic heterocycles. The van der Waals surface area contributed by atoms with E-state index in [0.29, 0.717) is 5.92 Å². The highest BCUT2D eigenvalue weighted by molar-refractivity contribution is 5.69. The Morgan fingerprint density at radius 3 is 2.94 bits per heavy atom. The molecule has 0 aliphatic heterocycles. The number of nitrogen functional groups attached to an aromatic ring is 1. The first-order valence-corrected chi connectivity index (χ1v) is 5.95. The molecule has 2 rings (SSSR count). The van der Waals surface area contributed by atoms with Crippen molar-refractivity contribution in [2.75, 3.05) is 17.6 Å². The van der Waals surface area contributed by atoms with E-state index in [2.05, 4.69) is 5.32 Å². The van der Waals surface area contributed by atoms with Crippen LogP contribution in [-0.2, 0) is 0 Å². The number of hydrogen-bond donors (Lipinski definition) is 3. The third-order valence-electron chi connectivity index (χ3n) is 3.50. The molecule has 2 atom stereocenters. The van der Waals surface area contributed by atoms with Crippen LogP contribution < -0.4 is 11.1 Å². The first kappa shape index (κ1) is 11.3. The molecule has 3 heteroatoms. The van der Waals surface area contributed by atoms with Crippen molar-refractivity contribution in [1.29, 1.82) is 0 Å². The summed E-state index contributed by atoms with van der Waals surface area (Å²) in [4.78, 5) is 0. The van der Waals surface area contributed by atoms with E-state index >= 15 is 0 Å². The molecule has 0 amide bonds. The van der Waals surface area contributed by atoms with Gasteiger partial charge in [-0.1, -0.05) is 18.6 Å². The molecule has 1 aliphatic carbocycles. The largest absolute Gasteiger partial charge is 0.397 e. The normalized spacial score (nSPS) is 24.6. The van der Waals surface area contributed by atoms with Gasteiger partial charge < -0.3 is 16.2 Å². The summed E-state index contributed by atoms with van der Waals surface area (Å²) >= 11 is 0. The predicted molar refractivity (Wildman–Crippen MR) is 67.4 cm³/mol. The lowest BCUT2D eigenvalue weighted by atomic mass is 10.1. The van der Waals surface area contributed by atoms with Crippen molar-refractivity contribution in [1.82, 2.24) is 0 Å². The third-order valence-corrected chi connectivity index (χ3v) is 3.50. The average molecular weight is 220 g/mol. The van der Waals surface area contributed by atoms with Crippen molar-refractivity contribution in [2.45, 2.75) is 32.3 Å². The molecule has 1 saturated carbocycles. The van der Waals surface area contributed by atoms with Crippen molar-refractivity contribution in [3.8, 4) is 0 Å². The fraction of sp³-hybridized carbons (Fsp3) is 0.538. The number of nitrogens with two attached hydrogens (primary N) is 1. The van der Waals surface area contributed by atoms with Gasteiger partial charge in [-0.05, 0) is 31.4 Å². The van der Waals surface area contributed by atoms with Crippen molar-refractivity contribution in [3.63, 3.8) is 0 Å². The number of aliphatic hydroxyl groups is 1. The zero-order chi connectivity index (χ0) is 11.5. The Balaban J connectivity index is 1.96. The van der Waals surface area contributed by atoms with Gasteiger partial charge in [0.2, 0.25) is 0 Å². The minimum atomic E-state index is -0.140. The average Bonchev–Trinajstić information content (AvgIpc) is 2.67. The maximum absolute atomic E-state index is 9.72. The molecule has 0 spiro atoms. The molecular weight excluding hydrogens is 200 g/mol. The van der Waals surface area contributed by atoms with Crippen molar-refractivity contribution < 1.29 is 5.11 Å². The Kier molecular flexibility index (Phi) is 3.34. The highest BCUT2D eigenvalue weighted by atomic mass is 16.3. The molecule has 2 unspecified atom stereocenters. The second kappa shape index (κ2) is 4.74. The van der Waals surface area contributed by atoms with Crippen LogP contribution in [0.1, 0.15) is 24.8 Å². The van der Waals surface area contributed by atoms with E-state index < -0.39 is 0 Å². The first-order valence-electron chi connectivity index (χ1n) is 5.95. The molecule has 1 fully saturated rings. The summed E-state index contributed by atoms with van der Waals surface area (Å²) in [6, 6.07) is 5.99. The van der Waals surface area contributed by atoms with Crippen LogP contribution in [0.15, 0.2) is 18.2 Å². The summed E-state index contributed by atoms with van der Waals surface area (Å²) in [6.07, 6.45) is 3.05. The maximum atomic E-state index is 9.72. The number of aryl methyl sites for hydroxylation is 1. The molecule has 0 heterocycles. The zero-order valence-electron chi connectivity index (χ0n) is 9.74. The van der Waals surface area contributed by atoms with Gasteiger partial charge in [0.05, 0.1) is 17.5 Å². The van der Waals surface area contributed by atoms with Gasteiger partial charge in [-0.3, -0.25) is 0 Å². The third kappa shape index (κ3) is 2.30. The van der Waals surface area contributed by atoms with Gasteiger partial charge in [-0.25, -0.2) is 0 Å². The molecule has 1 aromatic carbocycles. The quantitative estimate of drug-likeness (QED) is 0.684. The van der Waals surface area contributed by atoms with Gasteiger partial charge in [-0.2, -0.15) is 0 Å². The van der Waals surface area contributed by atoms with Crippen molar-refractivity contribution in [3.05, 3.63) is 23.8 Å². The van der Waals surface area contributed by atoms with Gasteiger partial charge in [0.15, 0.2) is 0 Å². The lowest BCUT2D eigenvalue weighted by Crippen LogP contribution is -2.22. The highest BCUT2D eigenvalue weighted by Crippen LogP contribution is 2.27. The maximum Gasteiger partial charge on any atom is 0.0585 e. The molecule has 1 aliphatic rings. The van der Waals surface area contributed by atoms with E-state index in [1.54, 1.807) is 0 Å². The lowest BCUT2D eigenvalue weighted by Gasteiger charge is -2.17. The van der Waals surface area contributed by atoms with E-state index in [0.717, 1.165) is 42.7 Å². The van der Waals surface area contributed by atoms with Gasteiger partial charge in [0.1, 0.15) is 0 Å². The van der Waals surface area contributed by atoms with E-state index in [9.17, 15) is 5.11 Å². The van der Waals surface area contributed by atoms with Gasteiger partial charge in [0.25, 0.3) is 0 Å². The minimum Gasteiger partial charge on any atom is -0.397 e. The molecule has 0 bridgehead atoms. The SMILES string of the molecule is Cc1cccc(NCC2CCCC2O)c1N. The number of hydrogen-bond acceptors (Lipinski definition) is 3. The van der Waals surface area contributed by atoms with E-state index in [1.807, 2.05) is 25.1 Å². The van der Waals surface area contributed by atoms with Gasteiger partial charge in [-0.15, -0.1) is 0 Å². The monoisotopic (exact) mass is 220 g/mol. The Bertz CT molecular complexity index is 365. The summed E-state index contributed by atoms with van der Waals surface area (Å²) in [5.41, 5.74) is 8.87. The molecular formula is C13H20N2O. The standard InChI is InChI=1S/C13H20N2O/c1-9-4-2-6-11(13(9)14)15-8-10-5-3-7-12(10)16/h2,4,6,10,12,15-16H,3,5,7-8,14H2,1H3. The van der Waals surface area contributed by atoms with E-state index in [1.165, 1.54) is 0 Å². The van der Waals surface area contributed by atoms with Crippen molar-refractivity contribution in [2.24, 2.45) is 5.92 Å². The summed E-state index contributed by atoms with van der Waals surface area (Å²) < 4.78 is 0. The zero-order valence-corrected chi connectivity index (χ0v) is 9.74. The highest BCUT2D eigenvalue weighted by Gasteiger charge is 2.24. The summed E-state index contributed by atoms with van der Waals surface area (Å²) in [5, 5.41) is 13.1. The van der Waals surface area contributed by atoms with Crippen LogP contribution in [0.25, 0.3) is 0 Å². The molecule has 0 radical (unpaired) electrons. The Morgan fingerprint density at radius 2 is 2.25 bits per heavy atom. The topological polar surface area (TPSA) is 58.3 Å². The predicted octanol–water partition coefficient (Wildman–Crippen LogP) is 2.15. The number of nitrogens with one attached hydrogen (secondary N) is 1. The summed E-state index contributed by atoms with van der Waals surface area (Å²) in [5.74, 6) is 0.375. The number of aliphatic hydroxyl groups excluding tert-OH is 1. The Labute approximate surface area is 96.7 Å². The second-order valence-electron chi connectivity index (χ2n) is 4.68. The molecule has 4 N–H and O–H groups in total. The molecule has 3 nitrogen and oxygen atoms in total. The van der Waals surface area contributed by atoms with Gasteiger partial charge >= 0.3 is 0 Å². The van der Waals surface area contributed by atoms with Crippen molar-refractivity contribution >= 4 is 11.4 Å². The Morgan fingerprint density at radius 1 is 1.44 bits per heavy atom. The number of para-hydroxylation sites is 1. The van der Waals surface area contributed by atoms with Gasteiger partial charge in [0, 0.05) is 12.5 Å². The van der Waals surface area contributed by atoms with Crippen LogP contribution in [-0.4, -0.2) is 17.8 Å². The fourth-order valence-electron chi connectivity index (χ4n) is 2.33. The Hall–Kier alpha value is -1.22.